The molecule has 0 aromatic heterocycles. The van der Waals surface area contributed by atoms with Gasteiger partial charge in [0.2, 0.25) is 10.0 Å². The van der Waals surface area contributed by atoms with Gasteiger partial charge < -0.3 is 5.32 Å². The maximum atomic E-state index is 12.2. The van der Waals surface area contributed by atoms with Crippen LogP contribution in [0.1, 0.15) is 66.7 Å². The third-order valence-corrected chi connectivity index (χ3v) is 5.19. The lowest BCUT2D eigenvalue weighted by Gasteiger charge is -2.33. The molecule has 0 radical (unpaired) electrons. The highest BCUT2D eigenvalue weighted by atomic mass is 32.2. The summed E-state index contributed by atoms with van der Waals surface area (Å²) >= 11 is 0. The predicted molar refractivity (Wildman–Crippen MR) is 85.3 cm³/mol. The van der Waals surface area contributed by atoms with Crippen molar-refractivity contribution in [3.8, 4) is 0 Å². The van der Waals surface area contributed by atoms with E-state index in [1.807, 2.05) is 13.8 Å². The Morgan fingerprint density at radius 2 is 1.80 bits per heavy atom. The molecular formula is C15H32N2O2S. The molecule has 0 spiro atoms. The highest BCUT2D eigenvalue weighted by molar-refractivity contribution is 7.89. The molecule has 5 heteroatoms. The number of rotatable bonds is 6. The van der Waals surface area contributed by atoms with E-state index in [2.05, 4.69) is 30.8 Å². The second-order valence-corrected chi connectivity index (χ2v) is 9.82. The molecular weight excluding hydrogens is 272 g/mol. The van der Waals surface area contributed by atoms with Crippen molar-refractivity contribution >= 4 is 10.0 Å². The maximum absolute atomic E-state index is 12.2. The SMILES string of the molecule is CC(C)(C)CC(C)(C)NS(=O)(=O)CCC1CCCCN1. The number of piperidine rings is 1. The standard InChI is InChI=1S/C15H32N2O2S/c1-14(2,3)12-15(4,5)17-20(18,19)11-9-13-8-6-7-10-16-13/h13,16-17H,6-12H2,1-5H3. The molecule has 4 nitrogen and oxygen atoms in total. The van der Waals surface area contributed by atoms with Crippen molar-refractivity contribution in [3.63, 3.8) is 0 Å². The van der Waals surface area contributed by atoms with Crippen LogP contribution in [0.2, 0.25) is 0 Å². The average molecular weight is 305 g/mol. The van der Waals surface area contributed by atoms with Gasteiger partial charge in [-0.15, -0.1) is 0 Å². The third kappa shape index (κ3) is 7.60. The smallest absolute Gasteiger partial charge is 0.212 e. The van der Waals surface area contributed by atoms with Crippen LogP contribution in [0.25, 0.3) is 0 Å². The molecule has 0 aromatic carbocycles. The Labute approximate surface area is 125 Å². The van der Waals surface area contributed by atoms with Crippen LogP contribution in [-0.2, 0) is 10.0 Å². The quantitative estimate of drug-likeness (QED) is 0.793. The second-order valence-electron chi connectivity index (χ2n) is 7.98. The summed E-state index contributed by atoms with van der Waals surface area (Å²) < 4.78 is 27.3. The van der Waals surface area contributed by atoms with E-state index >= 15 is 0 Å². The number of hydrogen-bond donors (Lipinski definition) is 2. The maximum Gasteiger partial charge on any atom is 0.212 e. The minimum Gasteiger partial charge on any atom is -0.314 e. The van der Waals surface area contributed by atoms with Crippen LogP contribution < -0.4 is 10.0 Å². The fourth-order valence-electron chi connectivity index (χ4n) is 3.30. The molecule has 1 unspecified atom stereocenters. The van der Waals surface area contributed by atoms with Crippen molar-refractivity contribution in [3.05, 3.63) is 0 Å². The van der Waals surface area contributed by atoms with Crippen LogP contribution in [-0.4, -0.2) is 32.3 Å². The van der Waals surface area contributed by atoms with Crippen LogP contribution in [0.4, 0.5) is 0 Å². The van der Waals surface area contributed by atoms with Gasteiger partial charge in [0.1, 0.15) is 0 Å². The van der Waals surface area contributed by atoms with Gasteiger partial charge in [0.05, 0.1) is 5.75 Å². The predicted octanol–water partition coefficient (Wildman–Crippen LogP) is 2.65. The van der Waals surface area contributed by atoms with Crippen LogP contribution in [0.15, 0.2) is 0 Å². The molecule has 120 valence electrons. The molecule has 1 fully saturated rings. The summed E-state index contributed by atoms with van der Waals surface area (Å²) in [6.07, 6.45) is 5.05. The Balaban J connectivity index is 2.47. The minimum atomic E-state index is -3.20. The van der Waals surface area contributed by atoms with Crippen LogP contribution >= 0.6 is 0 Å². The Morgan fingerprint density at radius 3 is 2.30 bits per heavy atom. The van der Waals surface area contributed by atoms with Crippen molar-refractivity contribution < 1.29 is 8.42 Å². The molecule has 1 atom stereocenters. The van der Waals surface area contributed by atoms with Crippen molar-refractivity contribution in [2.75, 3.05) is 12.3 Å². The first-order valence-corrected chi connectivity index (χ1v) is 9.39. The molecule has 1 aliphatic rings. The van der Waals surface area contributed by atoms with E-state index in [1.54, 1.807) is 0 Å². The average Bonchev–Trinajstić information content (AvgIpc) is 2.23. The van der Waals surface area contributed by atoms with Gasteiger partial charge in [-0.1, -0.05) is 27.2 Å². The first kappa shape index (κ1) is 17.9. The lowest BCUT2D eigenvalue weighted by Crippen LogP contribution is -2.47. The molecule has 0 aromatic rings. The van der Waals surface area contributed by atoms with Gasteiger partial charge in [0.15, 0.2) is 0 Å². The topological polar surface area (TPSA) is 58.2 Å². The van der Waals surface area contributed by atoms with E-state index < -0.39 is 15.6 Å². The van der Waals surface area contributed by atoms with E-state index in [0.717, 1.165) is 19.4 Å². The fourth-order valence-corrected chi connectivity index (χ4v) is 4.91. The molecule has 0 aliphatic carbocycles. The summed E-state index contributed by atoms with van der Waals surface area (Å²) in [6.45, 7) is 11.4. The van der Waals surface area contributed by atoms with Crippen molar-refractivity contribution in [2.24, 2.45) is 5.41 Å². The summed E-state index contributed by atoms with van der Waals surface area (Å²) in [5, 5.41) is 3.40. The van der Waals surface area contributed by atoms with E-state index in [1.165, 1.54) is 12.8 Å². The highest BCUT2D eigenvalue weighted by Crippen LogP contribution is 2.27. The molecule has 1 aliphatic heterocycles. The molecule has 1 heterocycles. The first-order chi connectivity index (χ1) is 8.99. The molecule has 20 heavy (non-hydrogen) atoms. The summed E-state index contributed by atoms with van der Waals surface area (Å²) in [4.78, 5) is 0. The normalized spacial score (nSPS) is 21.9. The third-order valence-electron chi connectivity index (χ3n) is 3.55. The van der Waals surface area contributed by atoms with E-state index in [4.69, 9.17) is 0 Å². The Bertz CT molecular complexity index is 391. The monoisotopic (exact) mass is 304 g/mol. The number of sulfonamides is 1. The zero-order valence-corrected chi connectivity index (χ0v) is 14.6. The Kier molecular flexibility index (Phi) is 6.05. The molecule has 0 saturated carbocycles. The van der Waals surface area contributed by atoms with E-state index in [0.29, 0.717) is 12.5 Å². The number of hydrogen-bond acceptors (Lipinski definition) is 3. The Hall–Kier alpha value is -0.130. The number of nitrogens with one attached hydrogen (secondary N) is 2. The Morgan fingerprint density at radius 1 is 1.15 bits per heavy atom. The van der Waals surface area contributed by atoms with Gasteiger partial charge in [-0.25, -0.2) is 13.1 Å². The van der Waals surface area contributed by atoms with Crippen LogP contribution in [0.3, 0.4) is 0 Å². The molecule has 2 N–H and O–H groups in total. The van der Waals surface area contributed by atoms with Gasteiger partial charge in [-0.05, 0) is 51.5 Å². The highest BCUT2D eigenvalue weighted by Gasteiger charge is 2.30. The van der Waals surface area contributed by atoms with Crippen LogP contribution in [0.5, 0.6) is 0 Å². The summed E-state index contributed by atoms with van der Waals surface area (Å²) in [5.74, 6) is 0.220. The summed E-state index contributed by atoms with van der Waals surface area (Å²) in [7, 11) is -3.20. The van der Waals surface area contributed by atoms with E-state index in [-0.39, 0.29) is 11.2 Å². The lowest BCUT2D eigenvalue weighted by molar-refractivity contribution is 0.269. The molecule has 0 amide bonds. The second kappa shape index (κ2) is 6.75. The zero-order chi connectivity index (χ0) is 15.4. The fraction of sp³-hybridized carbons (Fsp3) is 1.00. The van der Waals surface area contributed by atoms with Crippen molar-refractivity contribution in [1.82, 2.24) is 10.0 Å². The van der Waals surface area contributed by atoms with Gasteiger partial charge in [0.25, 0.3) is 0 Å². The largest absolute Gasteiger partial charge is 0.314 e. The summed E-state index contributed by atoms with van der Waals surface area (Å²) in [5.41, 5.74) is -0.284. The molecule has 1 rings (SSSR count). The van der Waals surface area contributed by atoms with Crippen molar-refractivity contribution in [2.45, 2.75) is 78.3 Å². The zero-order valence-electron chi connectivity index (χ0n) is 13.8. The summed E-state index contributed by atoms with van der Waals surface area (Å²) in [6, 6.07) is 0.367. The van der Waals surface area contributed by atoms with Gasteiger partial charge in [-0.3, -0.25) is 0 Å². The first-order valence-electron chi connectivity index (χ1n) is 7.74. The van der Waals surface area contributed by atoms with E-state index in [9.17, 15) is 8.42 Å². The molecule has 1 saturated heterocycles. The molecule has 0 bridgehead atoms. The lowest BCUT2D eigenvalue weighted by atomic mass is 9.82. The van der Waals surface area contributed by atoms with Crippen LogP contribution in [0, 0.1) is 5.41 Å². The minimum absolute atomic E-state index is 0.108. The van der Waals surface area contributed by atoms with Crippen molar-refractivity contribution in [1.29, 1.82) is 0 Å². The van der Waals surface area contributed by atoms with Gasteiger partial charge >= 0.3 is 0 Å². The van der Waals surface area contributed by atoms with Gasteiger partial charge in [-0.2, -0.15) is 0 Å². The van der Waals surface area contributed by atoms with Gasteiger partial charge in [0, 0.05) is 11.6 Å².